The largest absolute Gasteiger partial charge is 0.506 e. The number of amides is 1. The molecule has 1 aromatic heterocycles. The Kier molecular flexibility index (Phi) is 3.33. The van der Waals surface area contributed by atoms with Crippen LogP contribution < -0.4 is 0 Å². The lowest BCUT2D eigenvalue weighted by Gasteiger charge is -2.43. The van der Waals surface area contributed by atoms with Crippen molar-refractivity contribution in [3.63, 3.8) is 0 Å². The van der Waals surface area contributed by atoms with Gasteiger partial charge in [-0.25, -0.2) is 0 Å². The van der Waals surface area contributed by atoms with Crippen molar-refractivity contribution in [3.05, 3.63) is 59.9 Å². The maximum Gasteiger partial charge on any atom is 0.255 e. The molecule has 1 aromatic carbocycles. The first-order chi connectivity index (χ1) is 11.2. The Hall–Kier alpha value is -2.36. The number of pyridine rings is 1. The summed E-state index contributed by atoms with van der Waals surface area (Å²) in [6.45, 7) is 1.56. The van der Waals surface area contributed by atoms with Crippen LogP contribution in [0.5, 0.6) is 5.75 Å². The SMILES string of the molecule is O=C(c1cncc(O)c1)N1C[C@@H](c2ccccc2)C2(CCC2)C1. The van der Waals surface area contributed by atoms with Crippen LogP contribution in [0.2, 0.25) is 0 Å². The van der Waals surface area contributed by atoms with Crippen molar-refractivity contribution in [1.82, 2.24) is 9.88 Å². The number of hydrogen-bond donors (Lipinski definition) is 1. The van der Waals surface area contributed by atoms with Gasteiger partial charge in [0.2, 0.25) is 0 Å². The van der Waals surface area contributed by atoms with Gasteiger partial charge in [-0.1, -0.05) is 36.8 Å². The Morgan fingerprint density at radius 2 is 2.00 bits per heavy atom. The molecule has 1 saturated heterocycles. The lowest BCUT2D eigenvalue weighted by molar-refractivity contribution is 0.0724. The molecule has 0 radical (unpaired) electrons. The van der Waals surface area contributed by atoms with Gasteiger partial charge in [0, 0.05) is 25.2 Å². The van der Waals surface area contributed by atoms with E-state index in [4.69, 9.17) is 0 Å². The van der Waals surface area contributed by atoms with E-state index in [1.165, 1.54) is 43.3 Å². The van der Waals surface area contributed by atoms with Crippen LogP contribution in [0.15, 0.2) is 48.8 Å². The molecule has 2 aliphatic rings. The van der Waals surface area contributed by atoms with Crippen LogP contribution >= 0.6 is 0 Å². The maximum absolute atomic E-state index is 12.8. The number of carbonyl (C=O) groups excluding carboxylic acids is 1. The summed E-state index contributed by atoms with van der Waals surface area (Å²) < 4.78 is 0. The maximum atomic E-state index is 12.8. The highest BCUT2D eigenvalue weighted by Crippen LogP contribution is 2.55. The highest BCUT2D eigenvalue weighted by molar-refractivity contribution is 5.94. The van der Waals surface area contributed by atoms with E-state index in [1.807, 2.05) is 11.0 Å². The molecule has 4 rings (SSSR count). The molecule has 1 aliphatic carbocycles. The zero-order valence-corrected chi connectivity index (χ0v) is 13.0. The van der Waals surface area contributed by atoms with Crippen LogP contribution in [0.3, 0.4) is 0 Å². The third-order valence-electron chi connectivity index (χ3n) is 5.46. The van der Waals surface area contributed by atoms with Crippen molar-refractivity contribution < 1.29 is 9.90 Å². The molecule has 2 aromatic rings. The van der Waals surface area contributed by atoms with Crippen LogP contribution in [-0.4, -0.2) is 34.0 Å². The molecule has 2 heterocycles. The average Bonchev–Trinajstić information content (AvgIpc) is 2.96. The van der Waals surface area contributed by atoms with E-state index < -0.39 is 0 Å². The molecule has 1 amide bonds. The number of rotatable bonds is 2. The van der Waals surface area contributed by atoms with E-state index in [0.717, 1.165) is 13.1 Å². The van der Waals surface area contributed by atoms with Gasteiger partial charge in [-0.15, -0.1) is 0 Å². The predicted molar refractivity (Wildman–Crippen MR) is 87.3 cm³/mol. The van der Waals surface area contributed by atoms with Gasteiger partial charge in [0.25, 0.3) is 5.91 Å². The Bertz CT molecular complexity index is 725. The minimum atomic E-state index is -0.0295. The van der Waals surface area contributed by atoms with Gasteiger partial charge in [-0.05, 0) is 29.9 Å². The van der Waals surface area contributed by atoms with Crippen LogP contribution in [0.4, 0.5) is 0 Å². The van der Waals surface area contributed by atoms with E-state index in [-0.39, 0.29) is 17.1 Å². The molecule has 23 heavy (non-hydrogen) atoms. The Labute approximate surface area is 135 Å². The highest BCUT2D eigenvalue weighted by Gasteiger charge is 2.51. The van der Waals surface area contributed by atoms with Crippen molar-refractivity contribution in [1.29, 1.82) is 0 Å². The van der Waals surface area contributed by atoms with Crippen LogP contribution in [0.1, 0.15) is 41.1 Å². The van der Waals surface area contributed by atoms with Gasteiger partial charge in [0.05, 0.1) is 11.8 Å². The lowest BCUT2D eigenvalue weighted by atomic mass is 9.61. The molecule has 118 valence electrons. The molecule has 1 spiro atoms. The van der Waals surface area contributed by atoms with E-state index >= 15 is 0 Å². The van der Waals surface area contributed by atoms with Crippen molar-refractivity contribution in [3.8, 4) is 5.75 Å². The number of aromatic nitrogens is 1. The fraction of sp³-hybridized carbons (Fsp3) is 0.368. The molecular weight excluding hydrogens is 288 g/mol. The number of hydrogen-bond acceptors (Lipinski definition) is 3. The molecule has 1 atom stereocenters. The Balaban J connectivity index is 1.61. The molecular formula is C19H20N2O2. The minimum absolute atomic E-state index is 0.0295. The highest BCUT2D eigenvalue weighted by atomic mass is 16.3. The average molecular weight is 308 g/mol. The van der Waals surface area contributed by atoms with Gasteiger partial charge in [-0.2, -0.15) is 0 Å². The number of carbonyl (C=O) groups is 1. The first kappa shape index (κ1) is 14.2. The quantitative estimate of drug-likeness (QED) is 0.927. The Morgan fingerprint density at radius 3 is 2.65 bits per heavy atom. The topological polar surface area (TPSA) is 53.4 Å². The summed E-state index contributed by atoms with van der Waals surface area (Å²) in [5, 5.41) is 9.56. The van der Waals surface area contributed by atoms with Gasteiger partial charge >= 0.3 is 0 Å². The smallest absolute Gasteiger partial charge is 0.255 e. The molecule has 4 heteroatoms. The second kappa shape index (κ2) is 5.37. The molecule has 1 aliphatic heterocycles. The standard InChI is InChI=1S/C19H20N2O2/c22-16-9-15(10-20-11-16)18(23)21-12-17(14-5-2-1-3-6-14)19(13-21)7-4-8-19/h1-3,5-6,9-11,17,22H,4,7-8,12-13H2/t17-/m0/s1. The zero-order chi connectivity index (χ0) is 15.9. The summed E-state index contributed by atoms with van der Waals surface area (Å²) in [6, 6.07) is 12.0. The lowest BCUT2D eigenvalue weighted by Crippen LogP contribution is -2.37. The van der Waals surface area contributed by atoms with Crippen LogP contribution in [0, 0.1) is 5.41 Å². The summed E-state index contributed by atoms with van der Waals surface area (Å²) in [5.74, 6) is 0.415. The van der Waals surface area contributed by atoms with Gasteiger partial charge < -0.3 is 10.0 Å². The summed E-state index contributed by atoms with van der Waals surface area (Å²) >= 11 is 0. The van der Waals surface area contributed by atoms with Gasteiger partial charge in [-0.3, -0.25) is 9.78 Å². The number of likely N-dealkylation sites (tertiary alicyclic amines) is 1. The second-order valence-electron chi connectivity index (χ2n) is 6.80. The first-order valence-electron chi connectivity index (χ1n) is 8.16. The van der Waals surface area contributed by atoms with Gasteiger partial charge in [0.15, 0.2) is 0 Å². The van der Waals surface area contributed by atoms with Crippen molar-refractivity contribution in [2.75, 3.05) is 13.1 Å². The third-order valence-corrected chi connectivity index (χ3v) is 5.46. The number of benzene rings is 1. The fourth-order valence-electron chi connectivity index (χ4n) is 4.13. The zero-order valence-electron chi connectivity index (χ0n) is 13.0. The van der Waals surface area contributed by atoms with Crippen molar-refractivity contribution in [2.45, 2.75) is 25.2 Å². The molecule has 1 N–H and O–H groups in total. The molecule has 2 fully saturated rings. The van der Waals surface area contributed by atoms with E-state index in [1.54, 1.807) is 0 Å². The first-order valence-corrected chi connectivity index (χ1v) is 8.16. The van der Waals surface area contributed by atoms with Crippen molar-refractivity contribution in [2.24, 2.45) is 5.41 Å². The predicted octanol–water partition coefficient (Wildman–Crippen LogP) is 3.20. The minimum Gasteiger partial charge on any atom is -0.506 e. The normalized spacial score (nSPS) is 22.1. The van der Waals surface area contributed by atoms with Gasteiger partial charge in [0.1, 0.15) is 5.75 Å². The van der Waals surface area contributed by atoms with E-state index in [0.29, 0.717) is 11.5 Å². The Morgan fingerprint density at radius 1 is 1.22 bits per heavy atom. The molecule has 0 unspecified atom stereocenters. The van der Waals surface area contributed by atoms with E-state index in [9.17, 15) is 9.90 Å². The van der Waals surface area contributed by atoms with Crippen LogP contribution in [0.25, 0.3) is 0 Å². The van der Waals surface area contributed by atoms with Crippen molar-refractivity contribution >= 4 is 5.91 Å². The fourth-order valence-corrected chi connectivity index (χ4v) is 4.13. The third kappa shape index (κ3) is 2.38. The summed E-state index contributed by atoms with van der Waals surface area (Å²) in [6.07, 6.45) is 6.51. The summed E-state index contributed by atoms with van der Waals surface area (Å²) in [7, 11) is 0. The monoisotopic (exact) mass is 308 g/mol. The molecule has 4 nitrogen and oxygen atoms in total. The number of aromatic hydroxyl groups is 1. The number of nitrogens with zero attached hydrogens (tertiary/aromatic N) is 2. The summed E-state index contributed by atoms with van der Waals surface area (Å²) in [4.78, 5) is 18.6. The van der Waals surface area contributed by atoms with Crippen LogP contribution in [-0.2, 0) is 0 Å². The summed E-state index contributed by atoms with van der Waals surface area (Å²) in [5.41, 5.74) is 2.03. The second-order valence-corrected chi connectivity index (χ2v) is 6.80. The molecule has 1 saturated carbocycles. The van der Waals surface area contributed by atoms with E-state index in [2.05, 4.69) is 29.2 Å². The molecule has 0 bridgehead atoms.